The molecule has 0 spiro atoms. The highest BCUT2D eigenvalue weighted by Gasteiger charge is 2.52. The van der Waals surface area contributed by atoms with Gasteiger partial charge in [-0.15, -0.1) is 0 Å². The second-order valence-corrected chi connectivity index (χ2v) is 11.5. The van der Waals surface area contributed by atoms with Crippen molar-refractivity contribution in [1.82, 2.24) is 5.32 Å². The van der Waals surface area contributed by atoms with E-state index in [2.05, 4.69) is 5.32 Å². The second kappa shape index (κ2) is 9.45. The molecule has 0 aromatic heterocycles. The average molecular weight is 483 g/mol. The smallest absolute Gasteiger partial charge is 0.458 e. The summed E-state index contributed by atoms with van der Waals surface area (Å²) in [5, 5.41) is 2.50. The van der Waals surface area contributed by atoms with Crippen LogP contribution in [0.1, 0.15) is 74.8 Å². The third-order valence-corrected chi connectivity index (χ3v) is 5.50. The highest BCUT2D eigenvalue weighted by Crippen LogP contribution is 2.37. The van der Waals surface area contributed by atoms with Gasteiger partial charge in [-0.3, -0.25) is 0 Å². The minimum absolute atomic E-state index is 0.204. The van der Waals surface area contributed by atoms with E-state index in [1.807, 2.05) is 27.7 Å². The van der Waals surface area contributed by atoms with E-state index in [1.54, 1.807) is 41.5 Å². The van der Waals surface area contributed by atoms with Crippen LogP contribution in [-0.2, 0) is 30.0 Å². The number of nitrogens with one attached hydrogen (secondary N) is 1. The number of amides is 1. The molecule has 0 saturated carbocycles. The molecule has 10 heteroatoms. The van der Waals surface area contributed by atoms with Gasteiger partial charge in [0.05, 0.1) is 11.2 Å². The monoisotopic (exact) mass is 483 g/mol. The molecule has 1 N–H and O–H groups in total. The fourth-order valence-electron chi connectivity index (χ4n) is 3.21. The van der Waals surface area contributed by atoms with Gasteiger partial charge in [-0.1, -0.05) is 0 Å². The number of rotatable bonds is 5. The SMILES string of the molecule is CC(C)(C)OC(=O)N[C@H](Cc1cc(F)c(F)cc1B1OC(C)(C)C(C)(C)O1)C(=O)OC(C)(C)C. The molecule has 1 aliphatic rings. The van der Waals surface area contributed by atoms with Crippen LogP contribution in [0, 0.1) is 11.6 Å². The number of alkyl carbamates (subject to hydrolysis) is 1. The lowest BCUT2D eigenvalue weighted by molar-refractivity contribution is -0.157. The maximum absolute atomic E-state index is 14.3. The van der Waals surface area contributed by atoms with Crippen LogP contribution in [-0.4, -0.2) is 47.6 Å². The predicted octanol–water partition coefficient (Wildman–Crippen LogP) is 4.04. The van der Waals surface area contributed by atoms with Gasteiger partial charge in [0, 0.05) is 6.42 Å². The Morgan fingerprint density at radius 3 is 1.88 bits per heavy atom. The summed E-state index contributed by atoms with van der Waals surface area (Å²) in [5.41, 5.74) is -2.65. The quantitative estimate of drug-likeness (QED) is 0.503. The average Bonchev–Trinajstić information content (AvgIpc) is 2.81. The Labute approximate surface area is 201 Å². The maximum Gasteiger partial charge on any atom is 0.495 e. The molecular weight excluding hydrogens is 447 g/mol. The van der Waals surface area contributed by atoms with Crippen LogP contribution in [0.5, 0.6) is 0 Å². The van der Waals surface area contributed by atoms with Crippen molar-refractivity contribution < 1.29 is 37.2 Å². The van der Waals surface area contributed by atoms with E-state index in [-0.39, 0.29) is 17.4 Å². The minimum atomic E-state index is -1.24. The van der Waals surface area contributed by atoms with Crippen molar-refractivity contribution >= 4 is 24.6 Å². The van der Waals surface area contributed by atoms with Crippen LogP contribution in [0.3, 0.4) is 0 Å². The Hall–Kier alpha value is -2.20. The molecule has 0 bridgehead atoms. The fourth-order valence-corrected chi connectivity index (χ4v) is 3.21. The van der Waals surface area contributed by atoms with E-state index in [1.165, 1.54) is 0 Å². The van der Waals surface area contributed by atoms with Crippen molar-refractivity contribution in [3.8, 4) is 0 Å². The Morgan fingerprint density at radius 1 is 0.941 bits per heavy atom. The lowest BCUT2D eigenvalue weighted by Gasteiger charge is -2.32. The molecular formula is C24H36BF2NO6. The second-order valence-electron chi connectivity index (χ2n) is 11.5. The predicted molar refractivity (Wildman–Crippen MR) is 125 cm³/mol. The standard InChI is InChI=1S/C24H36BF2NO6/c1-21(2,3)31-19(29)18(28-20(30)32-22(4,5)6)12-14-11-16(26)17(27)13-15(14)25-33-23(7,8)24(9,10)34-25/h11,13,18H,12H2,1-10H3,(H,28,30)/t18-/m1/s1. The Kier molecular flexibility index (Phi) is 7.80. The molecule has 1 saturated heterocycles. The van der Waals surface area contributed by atoms with E-state index < -0.39 is 59.3 Å². The Morgan fingerprint density at radius 2 is 1.41 bits per heavy atom. The Bertz CT molecular complexity index is 921. The van der Waals surface area contributed by atoms with E-state index in [0.29, 0.717) is 0 Å². The summed E-state index contributed by atoms with van der Waals surface area (Å²) in [6.07, 6.45) is -1.05. The van der Waals surface area contributed by atoms with Crippen LogP contribution < -0.4 is 10.8 Å². The largest absolute Gasteiger partial charge is 0.495 e. The highest BCUT2D eigenvalue weighted by atomic mass is 19.2. The zero-order valence-corrected chi connectivity index (χ0v) is 21.7. The van der Waals surface area contributed by atoms with Crippen molar-refractivity contribution in [2.45, 2.75) is 104 Å². The van der Waals surface area contributed by atoms with E-state index >= 15 is 0 Å². The number of benzene rings is 1. The summed E-state index contributed by atoms with van der Waals surface area (Å²) in [5.74, 6) is -2.93. The van der Waals surface area contributed by atoms with Gasteiger partial charge in [-0.25, -0.2) is 18.4 Å². The summed E-state index contributed by atoms with van der Waals surface area (Å²) in [4.78, 5) is 25.4. The van der Waals surface area contributed by atoms with Gasteiger partial charge in [-0.05, 0) is 92.4 Å². The number of hydrogen-bond acceptors (Lipinski definition) is 6. The van der Waals surface area contributed by atoms with Crippen LogP contribution in [0.25, 0.3) is 0 Å². The van der Waals surface area contributed by atoms with Crippen molar-refractivity contribution in [3.05, 3.63) is 29.3 Å². The van der Waals surface area contributed by atoms with E-state index in [0.717, 1.165) is 12.1 Å². The van der Waals surface area contributed by atoms with Crippen LogP contribution in [0.2, 0.25) is 0 Å². The molecule has 2 rings (SSSR count). The third kappa shape index (κ3) is 7.15. The molecule has 34 heavy (non-hydrogen) atoms. The number of ether oxygens (including phenoxy) is 2. The van der Waals surface area contributed by atoms with Gasteiger partial charge in [0.25, 0.3) is 0 Å². The first-order valence-electron chi connectivity index (χ1n) is 11.3. The number of halogens is 2. The summed E-state index contributed by atoms with van der Waals surface area (Å²) in [6.45, 7) is 17.4. The van der Waals surface area contributed by atoms with E-state index in [4.69, 9.17) is 18.8 Å². The van der Waals surface area contributed by atoms with Crippen molar-refractivity contribution in [1.29, 1.82) is 0 Å². The van der Waals surface area contributed by atoms with Gasteiger partial charge in [0.15, 0.2) is 11.6 Å². The number of hydrogen-bond donors (Lipinski definition) is 1. The lowest BCUT2D eigenvalue weighted by atomic mass is 9.74. The van der Waals surface area contributed by atoms with Crippen LogP contribution in [0.15, 0.2) is 12.1 Å². The lowest BCUT2D eigenvalue weighted by Crippen LogP contribution is -2.48. The molecule has 0 radical (unpaired) electrons. The number of esters is 1. The molecule has 1 aromatic rings. The summed E-state index contributed by atoms with van der Waals surface area (Å²) >= 11 is 0. The molecule has 1 aliphatic heterocycles. The zero-order valence-electron chi connectivity index (χ0n) is 21.7. The molecule has 0 unspecified atom stereocenters. The van der Waals surface area contributed by atoms with E-state index in [9.17, 15) is 18.4 Å². The van der Waals surface area contributed by atoms with Crippen LogP contribution >= 0.6 is 0 Å². The summed E-state index contributed by atoms with van der Waals surface area (Å²) < 4.78 is 51.3. The molecule has 1 heterocycles. The molecule has 1 fully saturated rings. The third-order valence-electron chi connectivity index (χ3n) is 5.50. The zero-order chi connectivity index (χ0) is 26.3. The van der Waals surface area contributed by atoms with Gasteiger partial charge in [0.2, 0.25) is 0 Å². The molecule has 190 valence electrons. The highest BCUT2D eigenvalue weighted by molar-refractivity contribution is 6.62. The van der Waals surface area contributed by atoms with Gasteiger partial charge >= 0.3 is 19.2 Å². The fraction of sp³-hybridized carbons (Fsp3) is 0.667. The first-order valence-corrected chi connectivity index (χ1v) is 11.3. The molecule has 1 atom stereocenters. The molecule has 1 aromatic carbocycles. The molecule has 7 nitrogen and oxygen atoms in total. The van der Waals surface area contributed by atoms with Gasteiger partial charge in [0.1, 0.15) is 17.2 Å². The van der Waals surface area contributed by atoms with Crippen molar-refractivity contribution in [2.24, 2.45) is 0 Å². The first-order chi connectivity index (χ1) is 15.2. The maximum atomic E-state index is 14.3. The first kappa shape index (κ1) is 28.0. The topological polar surface area (TPSA) is 83.1 Å². The Balaban J connectivity index is 2.44. The normalized spacial score (nSPS) is 18.4. The molecule has 1 amide bonds. The summed E-state index contributed by atoms with van der Waals surface area (Å²) in [7, 11) is -1.00. The van der Waals surface area contributed by atoms with Gasteiger partial charge in [-0.2, -0.15) is 0 Å². The number of carbonyl (C=O) groups excluding carboxylic acids is 2. The van der Waals surface area contributed by atoms with Crippen molar-refractivity contribution in [2.75, 3.05) is 0 Å². The molecule has 0 aliphatic carbocycles. The van der Waals surface area contributed by atoms with Crippen molar-refractivity contribution in [3.63, 3.8) is 0 Å². The summed E-state index contributed by atoms with van der Waals surface area (Å²) in [6, 6.07) is 0.733. The number of carbonyl (C=O) groups is 2. The van der Waals surface area contributed by atoms with Crippen LogP contribution in [0.4, 0.5) is 13.6 Å². The minimum Gasteiger partial charge on any atom is -0.458 e. The van der Waals surface area contributed by atoms with Gasteiger partial charge < -0.3 is 24.1 Å².